The fraction of sp³-hybridized carbons (Fsp3) is 0.240. The minimum atomic E-state index is -0.663. The number of carbonyl (C=O) groups is 1. The van der Waals surface area contributed by atoms with E-state index in [0.29, 0.717) is 36.2 Å². The van der Waals surface area contributed by atoms with Crippen molar-refractivity contribution in [1.82, 2.24) is 4.57 Å². The molecule has 0 spiro atoms. The van der Waals surface area contributed by atoms with E-state index in [1.54, 1.807) is 42.7 Å². The molecule has 1 aliphatic rings. The van der Waals surface area contributed by atoms with Crippen LogP contribution in [0, 0.1) is 0 Å². The number of hydrogen-bond acceptors (Lipinski definition) is 6. The Kier molecular flexibility index (Phi) is 6.98. The third-order valence-corrected chi connectivity index (χ3v) is 7.33. The monoisotopic (exact) mass is 515 g/mol. The molecule has 1 aliphatic heterocycles. The summed E-state index contributed by atoms with van der Waals surface area (Å²) in [6, 6.07) is 12.3. The summed E-state index contributed by atoms with van der Waals surface area (Å²) in [4.78, 5) is 33.7. The summed E-state index contributed by atoms with van der Waals surface area (Å²) in [6.45, 7) is 3.73. The molecule has 0 amide bonds. The molecule has 3 aromatic rings. The minimum Gasteiger partial charge on any atom is -0.463 e. The Morgan fingerprint density at radius 3 is 2.56 bits per heavy atom. The number of nitrogens with zero attached hydrogens (tertiary/aromatic N) is 3. The molecule has 2 heterocycles. The highest BCUT2D eigenvalue weighted by Gasteiger charge is 2.33. The summed E-state index contributed by atoms with van der Waals surface area (Å²) in [7, 11) is 3.90. The zero-order valence-electron chi connectivity index (χ0n) is 19.1. The van der Waals surface area contributed by atoms with E-state index in [1.807, 2.05) is 43.3 Å². The van der Waals surface area contributed by atoms with Crippen LogP contribution in [0.1, 0.15) is 31.0 Å². The van der Waals surface area contributed by atoms with E-state index in [9.17, 15) is 9.59 Å². The number of allylic oxidation sites excluding steroid dienone is 1. The maximum absolute atomic E-state index is 13.6. The van der Waals surface area contributed by atoms with Crippen LogP contribution in [0.4, 0.5) is 5.69 Å². The Bertz CT molecular complexity index is 1470. The highest BCUT2D eigenvalue weighted by Crippen LogP contribution is 2.32. The van der Waals surface area contributed by atoms with Gasteiger partial charge in [0.15, 0.2) is 4.80 Å². The highest BCUT2D eigenvalue weighted by molar-refractivity contribution is 7.07. The van der Waals surface area contributed by atoms with Crippen LogP contribution < -0.4 is 19.8 Å². The number of anilines is 1. The van der Waals surface area contributed by atoms with Crippen molar-refractivity contribution in [3.8, 4) is 0 Å². The normalized spacial score (nSPS) is 15.7. The smallest absolute Gasteiger partial charge is 0.338 e. The second-order valence-corrected chi connectivity index (χ2v) is 9.73. The Balaban J connectivity index is 1.95. The maximum Gasteiger partial charge on any atom is 0.338 e. The molecule has 1 unspecified atom stereocenters. The van der Waals surface area contributed by atoms with Crippen molar-refractivity contribution in [2.45, 2.75) is 19.9 Å². The molecule has 0 N–H and O–H groups in total. The number of aromatic nitrogens is 1. The van der Waals surface area contributed by atoms with E-state index in [4.69, 9.17) is 27.9 Å². The van der Waals surface area contributed by atoms with E-state index in [1.165, 1.54) is 11.3 Å². The molecule has 0 saturated carbocycles. The van der Waals surface area contributed by atoms with Crippen molar-refractivity contribution in [3.05, 3.63) is 94.6 Å². The Labute approximate surface area is 211 Å². The Morgan fingerprint density at radius 1 is 1.21 bits per heavy atom. The van der Waals surface area contributed by atoms with E-state index in [0.717, 1.165) is 11.3 Å². The quantitative estimate of drug-likeness (QED) is 0.478. The fourth-order valence-corrected chi connectivity index (χ4v) is 5.23. The zero-order valence-corrected chi connectivity index (χ0v) is 21.5. The largest absolute Gasteiger partial charge is 0.463 e. The number of esters is 1. The van der Waals surface area contributed by atoms with Gasteiger partial charge in [0.05, 0.1) is 38.5 Å². The van der Waals surface area contributed by atoms with Crippen LogP contribution in [0.5, 0.6) is 0 Å². The van der Waals surface area contributed by atoms with Crippen LogP contribution in [-0.4, -0.2) is 31.2 Å². The molecule has 1 atom stereocenters. The summed E-state index contributed by atoms with van der Waals surface area (Å²) in [5.41, 5.74) is 3.03. The van der Waals surface area contributed by atoms with Gasteiger partial charge in [-0.3, -0.25) is 9.36 Å². The maximum atomic E-state index is 13.6. The van der Waals surface area contributed by atoms with Crippen LogP contribution >= 0.6 is 34.5 Å². The molecule has 0 saturated heterocycles. The van der Waals surface area contributed by atoms with Gasteiger partial charge in [-0.1, -0.05) is 58.8 Å². The topological polar surface area (TPSA) is 63.9 Å². The van der Waals surface area contributed by atoms with Crippen LogP contribution in [0.25, 0.3) is 6.08 Å². The van der Waals surface area contributed by atoms with Gasteiger partial charge in [-0.15, -0.1) is 0 Å². The SMILES string of the molecule is CCOC(=O)C1=C(C)N=c2s/c(=C/c3cccc(Cl)c3Cl)c(=O)n2C1c1ccc(N(C)C)cc1. The number of carbonyl (C=O) groups excluding carboxylic acids is 1. The second kappa shape index (κ2) is 9.78. The van der Waals surface area contributed by atoms with Gasteiger partial charge in [0.2, 0.25) is 0 Å². The van der Waals surface area contributed by atoms with Gasteiger partial charge in [0.25, 0.3) is 5.56 Å². The van der Waals surface area contributed by atoms with Gasteiger partial charge in [-0.2, -0.15) is 0 Å². The van der Waals surface area contributed by atoms with Crippen molar-refractivity contribution in [2.75, 3.05) is 25.6 Å². The summed E-state index contributed by atoms with van der Waals surface area (Å²) in [6.07, 6.45) is 1.70. The average molecular weight is 516 g/mol. The van der Waals surface area contributed by atoms with Crippen molar-refractivity contribution in [3.63, 3.8) is 0 Å². The number of rotatable bonds is 5. The summed E-state index contributed by atoms with van der Waals surface area (Å²) in [5.74, 6) is -0.488. The molecule has 9 heteroatoms. The molecule has 34 heavy (non-hydrogen) atoms. The lowest BCUT2D eigenvalue weighted by atomic mass is 9.95. The van der Waals surface area contributed by atoms with Crippen LogP contribution in [-0.2, 0) is 9.53 Å². The lowest BCUT2D eigenvalue weighted by Crippen LogP contribution is -2.40. The van der Waals surface area contributed by atoms with Gasteiger partial charge in [-0.05, 0) is 49.2 Å². The fourth-order valence-electron chi connectivity index (χ4n) is 3.83. The number of halogens is 2. The first kappa shape index (κ1) is 24.3. The number of benzene rings is 2. The lowest BCUT2D eigenvalue weighted by Gasteiger charge is -2.25. The van der Waals surface area contributed by atoms with Gasteiger partial charge >= 0.3 is 5.97 Å². The van der Waals surface area contributed by atoms with Gasteiger partial charge in [0, 0.05) is 19.8 Å². The Hall–Kier alpha value is -2.87. The van der Waals surface area contributed by atoms with Crippen LogP contribution in [0.3, 0.4) is 0 Å². The first-order valence-electron chi connectivity index (χ1n) is 10.6. The number of fused-ring (bicyclic) bond motifs is 1. The number of thiazole rings is 1. The van der Waals surface area contributed by atoms with Gasteiger partial charge in [-0.25, -0.2) is 9.79 Å². The van der Waals surface area contributed by atoms with E-state index < -0.39 is 12.0 Å². The third-order valence-electron chi connectivity index (χ3n) is 5.51. The predicted octanol–water partition coefficient (Wildman–Crippen LogP) is 4.17. The standard InChI is InChI=1S/C25H23Cl2N3O3S/c1-5-33-24(32)20-14(2)28-25-30(22(20)15-9-11-17(12-10-15)29(3)4)23(31)19(34-25)13-16-7-6-8-18(26)21(16)27/h6-13,22H,5H2,1-4H3/b19-13+. The van der Waals surface area contributed by atoms with Gasteiger partial charge in [0.1, 0.15) is 0 Å². The molecule has 1 aromatic heterocycles. The molecule has 0 radical (unpaired) electrons. The first-order chi connectivity index (χ1) is 16.2. The van der Waals surface area contributed by atoms with E-state index >= 15 is 0 Å². The van der Waals surface area contributed by atoms with E-state index in [2.05, 4.69) is 4.99 Å². The molecule has 0 aliphatic carbocycles. The first-order valence-corrected chi connectivity index (χ1v) is 12.2. The molecule has 4 rings (SSSR count). The molecule has 176 valence electrons. The van der Waals surface area contributed by atoms with Crippen LogP contribution in [0.2, 0.25) is 10.0 Å². The predicted molar refractivity (Wildman–Crippen MR) is 138 cm³/mol. The molecule has 2 aromatic carbocycles. The van der Waals surface area contributed by atoms with E-state index in [-0.39, 0.29) is 12.2 Å². The van der Waals surface area contributed by atoms with Gasteiger partial charge < -0.3 is 9.64 Å². The number of hydrogen-bond donors (Lipinski definition) is 0. The highest BCUT2D eigenvalue weighted by atomic mass is 35.5. The molecule has 0 bridgehead atoms. The van der Waals surface area contributed by atoms with Crippen molar-refractivity contribution >= 4 is 52.3 Å². The number of ether oxygens (including phenoxy) is 1. The summed E-state index contributed by atoms with van der Waals surface area (Å²) in [5, 5.41) is 0.775. The van der Waals surface area contributed by atoms with Crippen LogP contribution in [0.15, 0.2) is 63.5 Å². The zero-order chi connectivity index (χ0) is 24.6. The lowest BCUT2D eigenvalue weighted by molar-refractivity contribution is -0.139. The van der Waals surface area contributed by atoms with Crippen molar-refractivity contribution < 1.29 is 9.53 Å². The van der Waals surface area contributed by atoms with Crippen molar-refractivity contribution in [2.24, 2.45) is 4.99 Å². The third kappa shape index (κ3) is 4.43. The second-order valence-electron chi connectivity index (χ2n) is 7.93. The molecule has 6 nitrogen and oxygen atoms in total. The molecule has 0 fully saturated rings. The molecular formula is C25H23Cl2N3O3S. The Morgan fingerprint density at radius 2 is 1.91 bits per heavy atom. The average Bonchev–Trinajstić information content (AvgIpc) is 3.10. The summed E-state index contributed by atoms with van der Waals surface area (Å²) < 4.78 is 7.33. The molecular weight excluding hydrogens is 493 g/mol. The summed E-state index contributed by atoms with van der Waals surface area (Å²) >= 11 is 13.7. The minimum absolute atomic E-state index is 0.222. The van der Waals surface area contributed by atoms with Crippen molar-refractivity contribution in [1.29, 1.82) is 0 Å².